The van der Waals surface area contributed by atoms with Gasteiger partial charge in [-0.1, -0.05) is 17.7 Å². The fourth-order valence-corrected chi connectivity index (χ4v) is 3.27. The van der Waals surface area contributed by atoms with Gasteiger partial charge in [-0.05, 0) is 62.9 Å². The lowest BCUT2D eigenvalue weighted by molar-refractivity contribution is -0.137. The number of carbonyl (C=O) groups is 2. The highest BCUT2D eigenvalue weighted by Gasteiger charge is 2.35. The van der Waals surface area contributed by atoms with Crippen molar-refractivity contribution >= 4 is 23.2 Å². The summed E-state index contributed by atoms with van der Waals surface area (Å²) in [5, 5.41) is 4.74. The van der Waals surface area contributed by atoms with Crippen molar-refractivity contribution < 1.29 is 27.5 Å². The zero-order valence-corrected chi connectivity index (χ0v) is 16.9. The van der Waals surface area contributed by atoms with E-state index >= 15 is 0 Å². The van der Waals surface area contributed by atoms with Gasteiger partial charge in [-0.2, -0.15) is 13.2 Å². The predicted octanol–water partition coefficient (Wildman–Crippen LogP) is 5.00. The average molecular weight is 420 g/mol. The molecule has 1 aliphatic carbocycles. The molecule has 0 radical (unpaired) electrons. The summed E-state index contributed by atoms with van der Waals surface area (Å²) in [7, 11) is 0. The monoisotopic (exact) mass is 420 g/mol. The quantitative estimate of drug-likeness (QED) is 0.691. The normalized spacial score (nSPS) is 13.7. The number of aryl methyl sites for hydroxylation is 3. The van der Waals surface area contributed by atoms with Crippen molar-refractivity contribution in [1.29, 1.82) is 0 Å². The van der Waals surface area contributed by atoms with E-state index in [4.69, 9.17) is 4.74 Å². The highest BCUT2D eigenvalue weighted by Crippen LogP contribution is 2.37. The van der Waals surface area contributed by atoms with E-state index in [9.17, 15) is 22.8 Å². The van der Waals surface area contributed by atoms with Crippen molar-refractivity contribution in [2.75, 3.05) is 17.2 Å². The van der Waals surface area contributed by atoms with Crippen LogP contribution in [-0.2, 0) is 15.8 Å². The number of benzene rings is 2. The van der Waals surface area contributed by atoms with E-state index in [0.29, 0.717) is 5.75 Å². The van der Waals surface area contributed by atoms with Gasteiger partial charge in [-0.15, -0.1) is 0 Å². The molecule has 5 nitrogen and oxygen atoms in total. The first-order valence-corrected chi connectivity index (χ1v) is 9.57. The molecule has 30 heavy (non-hydrogen) atoms. The lowest BCUT2D eigenvalue weighted by Crippen LogP contribution is -2.23. The molecule has 3 rings (SSSR count). The number of rotatable bonds is 6. The summed E-state index contributed by atoms with van der Waals surface area (Å²) in [6.45, 7) is 5.18. The second-order valence-electron chi connectivity index (χ2n) is 7.59. The Morgan fingerprint density at radius 2 is 1.67 bits per heavy atom. The van der Waals surface area contributed by atoms with E-state index in [0.717, 1.165) is 41.7 Å². The molecule has 0 saturated heterocycles. The van der Waals surface area contributed by atoms with Gasteiger partial charge < -0.3 is 15.4 Å². The summed E-state index contributed by atoms with van der Waals surface area (Å²) in [6, 6.07) is 7.09. The summed E-state index contributed by atoms with van der Waals surface area (Å²) < 4.78 is 46.0. The van der Waals surface area contributed by atoms with E-state index in [1.807, 2.05) is 32.9 Å². The second kappa shape index (κ2) is 8.38. The van der Waals surface area contributed by atoms with Crippen LogP contribution in [0.1, 0.15) is 35.1 Å². The van der Waals surface area contributed by atoms with Crippen molar-refractivity contribution in [3.05, 3.63) is 52.6 Å². The number of ether oxygens (including phenoxy) is 1. The molecule has 0 bridgehead atoms. The van der Waals surface area contributed by atoms with Gasteiger partial charge >= 0.3 is 6.18 Å². The maximum atomic E-state index is 13.5. The summed E-state index contributed by atoms with van der Waals surface area (Å²) in [4.78, 5) is 24.1. The molecule has 2 aromatic carbocycles. The molecular weight excluding hydrogens is 397 g/mol. The zero-order chi connectivity index (χ0) is 22.1. The predicted molar refractivity (Wildman–Crippen MR) is 108 cm³/mol. The highest BCUT2D eigenvalue weighted by atomic mass is 19.4. The Hall–Kier alpha value is -3.03. The molecule has 0 aliphatic heterocycles. The molecule has 160 valence electrons. The molecule has 0 heterocycles. The highest BCUT2D eigenvalue weighted by molar-refractivity contribution is 5.96. The van der Waals surface area contributed by atoms with Gasteiger partial charge in [0.1, 0.15) is 5.75 Å². The van der Waals surface area contributed by atoms with Crippen LogP contribution >= 0.6 is 0 Å². The van der Waals surface area contributed by atoms with Crippen molar-refractivity contribution in [2.24, 2.45) is 5.92 Å². The molecule has 2 N–H and O–H groups in total. The van der Waals surface area contributed by atoms with E-state index in [2.05, 4.69) is 10.6 Å². The Labute approximate surface area is 172 Å². The fourth-order valence-electron chi connectivity index (χ4n) is 3.27. The van der Waals surface area contributed by atoms with E-state index in [-0.39, 0.29) is 17.5 Å². The molecular formula is C22H23F3N2O3. The Morgan fingerprint density at radius 1 is 1.03 bits per heavy atom. The SMILES string of the molecule is Cc1cc(C)c(OCC(=O)Nc2ccc(NC(=O)C3CC3)cc2C(F)(F)F)c(C)c1. The maximum absolute atomic E-state index is 13.5. The molecule has 2 aromatic rings. The first-order valence-electron chi connectivity index (χ1n) is 9.57. The smallest absolute Gasteiger partial charge is 0.418 e. The third-order valence-corrected chi connectivity index (χ3v) is 4.77. The van der Waals surface area contributed by atoms with E-state index in [1.54, 1.807) is 0 Å². The number of halogens is 3. The third-order valence-electron chi connectivity index (χ3n) is 4.77. The summed E-state index contributed by atoms with van der Waals surface area (Å²) in [5.74, 6) is -0.610. The maximum Gasteiger partial charge on any atom is 0.418 e. The van der Waals surface area contributed by atoms with Crippen LogP contribution in [0.2, 0.25) is 0 Å². The zero-order valence-electron chi connectivity index (χ0n) is 16.9. The van der Waals surface area contributed by atoms with Crippen LogP contribution in [0.25, 0.3) is 0 Å². The Kier molecular flexibility index (Phi) is 6.05. The van der Waals surface area contributed by atoms with Gasteiger partial charge in [0.05, 0.1) is 11.3 Å². The van der Waals surface area contributed by atoms with Crippen LogP contribution in [0.4, 0.5) is 24.5 Å². The number of amides is 2. The standard InChI is InChI=1S/C22H23F3N2O3/c1-12-8-13(2)20(14(3)9-12)30-11-19(28)27-18-7-6-16(10-17(18)22(23,24)25)26-21(29)15-4-5-15/h6-10,15H,4-5,11H2,1-3H3,(H,26,29)(H,27,28). The third kappa shape index (κ3) is 5.31. The van der Waals surface area contributed by atoms with Crippen molar-refractivity contribution in [3.8, 4) is 5.75 Å². The summed E-state index contributed by atoms with van der Waals surface area (Å²) >= 11 is 0. The molecule has 2 amide bonds. The molecule has 0 spiro atoms. The minimum absolute atomic E-state index is 0.0411. The molecule has 1 aliphatic rings. The number of anilines is 2. The molecule has 0 aromatic heterocycles. The van der Waals surface area contributed by atoms with Crippen LogP contribution in [0.5, 0.6) is 5.75 Å². The molecule has 0 unspecified atom stereocenters. The number of hydrogen-bond acceptors (Lipinski definition) is 3. The number of alkyl halides is 3. The Morgan fingerprint density at radius 3 is 2.23 bits per heavy atom. The molecule has 0 atom stereocenters. The second-order valence-corrected chi connectivity index (χ2v) is 7.59. The van der Waals surface area contributed by atoms with Crippen molar-refractivity contribution in [2.45, 2.75) is 39.8 Å². The number of nitrogens with one attached hydrogen (secondary N) is 2. The van der Waals surface area contributed by atoms with Crippen LogP contribution < -0.4 is 15.4 Å². The first kappa shape index (κ1) is 21.7. The van der Waals surface area contributed by atoms with Gasteiger partial charge in [0.15, 0.2) is 6.61 Å². The van der Waals surface area contributed by atoms with Crippen LogP contribution in [0.15, 0.2) is 30.3 Å². The van der Waals surface area contributed by atoms with Gasteiger partial charge in [-0.3, -0.25) is 9.59 Å². The van der Waals surface area contributed by atoms with Gasteiger partial charge in [0.25, 0.3) is 5.91 Å². The van der Waals surface area contributed by atoms with Gasteiger partial charge in [-0.25, -0.2) is 0 Å². The van der Waals surface area contributed by atoms with Crippen molar-refractivity contribution in [1.82, 2.24) is 0 Å². The van der Waals surface area contributed by atoms with Gasteiger partial charge in [0.2, 0.25) is 5.91 Å². The lowest BCUT2D eigenvalue weighted by Gasteiger charge is -2.17. The van der Waals surface area contributed by atoms with Crippen molar-refractivity contribution in [3.63, 3.8) is 0 Å². The van der Waals surface area contributed by atoms with Crippen LogP contribution in [0, 0.1) is 26.7 Å². The fraction of sp³-hybridized carbons (Fsp3) is 0.364. The number of carbonyl (C=O) groups excluding carboxylic acids is 2. The van der Waals surface area contributed by atoms with E-state index < -0.39 is 29.9 Å². The average Bonchev–Trinajstić information content (AvgIpc) is 3.46. The Bertz CT molecular complexity index is 959. The lowest BCUT2D eigenvalue weighted by atomic mass is 10.1. The topological polar surface area (TPSA) is 67.4 Å². The van der Waals surface area contributed by atoms with E-state index in [1.165, 1.54) is 6.07 Å². The molecule has 1 fully saturated rings. The van der Waals surface area contributed by atoms with Crippen LogP contribution in [-0.4, -0.2) is 18.4 Å². The Balaban J connectivity index is 1.71. The minimum atomic E-state index is -4.70. The summed E-state index contributed by atoms with van der Waals surface area (Å²) in [6.07, 6.45) is -3.22. The molecule has 1 saturated carbocycles. The molecule has 8 heteroatoms. The first-order chi connectivity index (χ1) is 14.0. The van der Waals surface area contributed by atoms with Gasteiger partial charge in [0, 0.05) is 11.6 Å². The van der Waals surface area contributed by atoms with Crippen LogP contribution in [0.3, 0.4) is 0 Å². The summed E-state index contributed by atoms with van der Waals surface area (Å²) in [5.41, 5.74) is 1.34. The minimum Gasteiger partial charge on any atom is -0.483 e. The largest absolute Gasteiger partial charge is 0.483 e. The number of hydrogen-bond donors (Lipinski definition) is 2.